The fraction of sp³-hybridized carbons (Fsp3) is 0.500. The van der Waals surface area contributed by atoms with E-state index in [4.69, 9.17) is 4.74 Å². The molecular weight excluding hydrogens is 410 g/mol. The van der Waals surface area contributed by atoms with E-state index in [1.54, 1.807) is 7.11 Å². The van der Waals surface area contributed by atoms with E-state index in [1.807, 2.05) is 0 Å². The lowest BCUT2D eigenvalue weighted by molar-refractivity contribution is 0.299. The van der Waals surface area contributed by atoms with Crippen LogP contribution >= 0.6 is 0 Å². The highest BCUT2D eigenvalue weighted by Gasteiger charge is 2.25. The fourth-order valence-corrected chi connectivity index (χ4v) is 5.62. The molecule has 2 aromatic carbocycles. The summed E-state index contributed by atoms with van der Waals surface area (Å²) in [5.41, 5.74) is 6.30. The van der Waals surface area contributed by atoms with E-state index in [1.165, 1.54) is 35.8 Å². The molecule has 7 heteroatoms. The van der Waals surface area contributed by atoms with Gasteiger partial charge in [-0.15, -0.1) is 0 Å². The van der Waals surface area contributed by atoms with Gasteiger partial charge in [0.2, 0.25) is 10.0 Å². The molecule has 1 aliphatic carbocycles. The molecule has 2 N–H and O–H groups in total. The summed E-state index contributed by atoms with van der Waals surface area (Å²) < 4.78 is 31.2. The molecule has 2 atom stereocenters. The van der Waals surface area contributed by atoms with Crippen molar-refractivity contribution in [2.75, 3.05) is 38.8 Å². The molecule has 0 fully saturated rings. The largest absolute Gasteiger partial charge is 0.496 e. The second-order valence-corrected chi connectivity index (χ2v) is 10.7. The Kier molecular flexibility index (Phi) is 6.55. The molecule has 0 radical (unpaired) electrons. The van der Waals surface area contributed by atoms with Crippen molar-refractivity contribution >= 4 is 15.7 Å². The smallest absolute Gasteiger partial charge is 0.210 e. The van der Waals surface area contributed by atoms with Gasteiger partial charge in [0.15, 0.2) is 0 Å². The second-order valence-electron chi connectivity index (χ2n) is 8.91. The molecule has 6 nitrogen and oxygen atoms in total. The molecule has 4 rings (SSSR count). The number of fused-ring (bicyclic) bond motifs is 2. The molecule has 0 amide bonds. The molecule has 2 aliphatic rings. The van der Waals surface area contributed by atoms with Crippen LogP contribution in [0.25, 0.3) is 0 Å². The van der Waals surface area contributed by atoms with Crippen LogP contribution in [-0.2, 0) is 29.3 Å². The van der Waals surface area contributed by atoms with Crippen molar-refractivity contribution in [1.82, 2.24) is 9.62 Å². The fourth-order valence-electron chi connectivity index (χ4n) is 4.96. The lowest BCUT2D eigenvalue weighted by Gasteiger charge is -2.30. The van der Waals surface area contributed by atoms with E-state index in [9.17, 15) is 8.42 Å². The van der Waals surface area contributed by atoms with Crippen LogP contribution in [0.1, 0.15) is 41.0 Å². The molecule has 1 heterocycles. The molecule has 168 valence electrons. The highest BCUT2D eigenvalue weighted by Crippen LogP contribution is 2.37. The zero-order valence-electron chi connectivity index (χ0n) is 18.6. The summed E-state index contributed by atoms with van der Waals surface area (Å²) in [6.07, 6.45) is 6.12. The van der Waals surface area contributed by atoms with Gasteiger partial charge in [0, 0.05) is 25.2 Å². The number of nitrogens with one attached hydrogen (secondary N) is 2. The van der Waals surface area contributed by atoms with Gasteiger partial charge >= 0.3 is 0 Å². The Labute approximate surface area is 186 Å². The average Bonchev–Trinajstić information content (AvgIpc) is 3.11. The second kappa shape index (κ2) is 9.18. The molecule has 0 bridgehead atoms. The first-order valence-electron chi connectivity index (χ1n) is 11.0. The monoisotopic (exact) mass is 443 g/mol. The number of hydrogen-bond acceptors (Lipinski definition) is 5. The molecule has 0 spiro atoms. The SMILES string of the molecule is COc1cccc2c1CCC[C@H]2CN(C)CCc1ccc2c(c1)NC(NS(C)(=O)=O)C2. The molecule has 0 aromatic heterocycles. The zero-order valence-corrected chi connectivity index (χ0v) is 19.5. The Morgan fingerprint density at radius 1 is 1.26 bits per heavy atom. The summed E-state index contributed by atoms with van der Waals surface area (Å²) in [5, 5.41) is 3.29. The van der Waals surface area contributed by atoms with Crippen molar-refractivity contribution in [2.24, 2.45) is 0 Å². The van der Waals surface area contributed by atoms with Crippen LogP contribution in [0, 0.1) is 0 Å². The van der Waals surface area contributed by atoms with E-state index >= 15 is 0 Å². The summed E-state index contributed by atoms with van der Waals surface area (Å²) in [6.45, 7) is 2.03. The maximum atomic E-state index is 11.5. The van der Waals surface area contributed by atoms with Crippen LogP contribution in [-0.4, -0.2) is 53.0 Å². The highest BCUT2D eigenvalue weighted by molar-refractivity contribution is 7.88. The van der Waals surface area contributed by atoms with Crippen LogP contribution in [0.3, 0.4) is 0 Å². The van der Waals surface area contributed by atoms with Gasteiger partial charge in [-0.3, -0.25) is 0 Å². The lowest BCUT2D eigenvalue weighted by atomic mass is 9.82. The summed E-state index contributed by atoms with van der Waals surface area (Å²) in [5.74, 6) is 1.58. The summed E-state index contributed by atoms with van der Waals surface area (Å²) in [7, 11) is 0.737. The van der Waals surface area contributed by atoms with Crippen molar-refractivity contribution in [3.05, 3.63) is 58.7 Å². The quantitative estimate of drug-likeness (QED) is 0.656. The first kappa shape index (κ1) is 22.1. The Hall–Kier alpha value is -2.09. The number of benzene rings is 2. The minimum absolute atomic E-state index is 0.258. The van der Waals surface area contributed by atoms with Gasteiger partial charge in [-0.05, 0) is 73.0 Å². The van der Waals surface area contributed by atoms with E-state index in [0.717, 1.165) is 42.9 Å². The number of likely N-dealkylation sites (N-methyl/N-ethyl adjacent to an activating group) is 1. The number of anilines is 1. The van der Waals surface area contributed by atoms with Crippen LogP contribution in [0.5, 0.6) is 5.75 Å². The maximum Gasteiger partial charge on any atom is 0.210 e. The van der Waals surface area contributed by atoms with E-state index in [-0.39, 0.29) is 6.17 Å². The van der Waals surface area contributed by atoms with E-state index in [2.05, 4.69) is 58.4 Å². The zero-order chi connectivity index (χ0) is 22.0. The minimum Gasteiger partial charge on any atom is -0.496 e. The van der Waals surface area contributed by atoms with E-state index in [0.29, 0.717) is 12.3 Å². The Balaban J connectivity index is 1.34. The van der Waals surface area contributed by atoms with Gasteiger partial charge in [-0.2, -0.15) is 4.72 Å². The minimum atomic E-state index is -3.22. The van der Waals surface area contributed by atoms with Gasteiger partial charge in [-0.1, -0.05) is 24.3 Å². The van der Waals surface area contributed by atoms with Crippen molar-refractivity contribution in [2.45, 2.75) is 44.2 Å². The van der Waals surface area contributed by atoms with E-state index < -0.39 is 10.0 Å². The van der Waals surface area contributed by atoms with Crippen molar-refractivity contribution in [3.8, 4) is 5.75 Å². The summed E-state index contributed by atoms with van der Waals surface area (Å²) in [6, 6.07) is 12.9. The van der Waals surface area contributed by atoms with Gasteiger partial charge in [0.1, 0.15) is 5.75 Å². The third-order valence-corrected chi connectivity index (χ3v) is 7.12. The highest BCUT2D eigenvalue weighted by atomic mass is 32.2. The van der Waals surface area contributed by atoms with Gasteiger partial charge in [0.25, 0.3) is 0 Å². The maximum absolute atomic E-state index is 11.5. The summed E-state index contributed by atoms with van der Waals surface area (Å²) in [4.78, 5) is 2.42. The number of methoxy groups -OCH3 is 1. The predicted molar refractivity (Wildman–Crippen MR) is 125 cm³/mol. The first-order valence-corrected chi connectivity index (χ1v) is 12.9. The normalized spacial score (nSPS) is 20.3. The number of sulfonamides is 1. The Bertz CT molecular complexity index is 1040. The van der Waals surface area contributed by atoms with Crippen LogP contribution in [0.15, 0.2) is 36.4 Å². The van der Waals surface area contributed by atoms with Crippen LogP contribution in [0.2, 0.25) is 0 Å². The number of nitrogens with zero attached hydrogens (tertiary/aromatic N) is 1. The molecule has 0 saturated carbocycles. The molecule has 1 aliphatic heterocycles. The van der Waals surface area contributed by atoms with Crippen molar-refractivity contribution < 1.29 is 13.2 Å². The summed E-state index contributed by atoms with van der Waals surface area (Å²) >= 11 is 0. The number of rotatable bonds is 8. The molecule has 2 aromatic rings. The van der Waals surface area contributed by atoms with Gasteiger partial charge < -0.3 is 15.0 Å². The van der Waals surface area contributed by atoms with Crippen LogP contribution in [0.4, 0.5) is 5.69 Å². The number of ether oxygens (including phenoxy) is 1. The van der Waals surface area contributed by atoms with Gasteiger partial charge in [0.05, 0.1) is 19.5 Å². The first-order chi connectivity index (χ1) is 14.8. The van der Waals surface area contributed by atoms with Gasteiger partial charge in [-0.25, -0.2) is 8.42 Å². The standard InChI is InChI=1S/C24H33N3O3S/c1-27(16-19-6-4-8-21-20(19)7-5-9-23(21)30-2)13-12-17-10-11-18-15-24(25-22(18)14-17)26-31(3,28)29/h5,7,9-11,14,19,24-26H,4,6,8,12-13,15-16H2,1-3H3/t19-,24?/m0/s1. The Morgan fingerprint density at radius 2 is 2.10 bits per heavy atom. The molecule has 31 heavy (non-hydrogen) atoms. The van der Waals surface area contributed by atoms with Crippen molar-refractivity contribution in [3.63, 3.8) is 0 Å². The average molecular weight is 444 g/mol. The molecule has 0 saturated heterocycles. The predicted octanol–water partition coefficient (Wildman–Crippen LogP) is 3.13. The number of hydrogen-bond donors (Lipinski definition) is 2. The Morgan fingerprint density at radius 3 is 2.87 bits per heavy atom. The third kappa shape index (κ3) is 5.40. The lowest BCUT2D eigenvalue weighted by Crippen LogP contribution is -2.38. The van der Waals surface area contributed by atoms with Crippen LogP contribution < -0.4 is 14.8 Å². The molecular formula is C24H33N3O3S. The molecule has 1 unspecified atom stereocenters. The third-order valence-electron chi connectivity index (χ3n) is 6.41. The van der Waals surface area contributed by atoms with Crippen molar-refractivity contribution in [1.29, 1.82) is 0 Å². The topological polar surface area (TPSA) is 70.7 Å².